The van der Waals surface area contributed by atoms with Crippen molar-refractivity contribution in [1.82, 2.24) is 9.13 Å². The third-order valence-corrected chi connectivity index (χ3v) is 3.59. The Kier molecular flexibility index (Phi) is 2.58. The summed E-state index contributed by atoms with van der Waals surface area (Å²) < 4.78 is 3.09. The predicted molar refractivity (Wildman–Crippen MR) is 70.9 cm³/mol. The van der Waals surface area contributed by atoms with Crippen LogP contribution in [-0.4, -0.2) is 9.13 Å². The molecule has 0 atom stereocenters. The van der Waals surface area contributed by atoms with Crippen LogP contribution in [0.15, 0.2) is 33.9 Å². The maximum absolute atomic E-state index is 12.3. The molecule has 18 heavy (non-hydrogen) atoms. The molecule has 4 nitrogen and oxygen atoms in total. The second-order valence-electron chi connectivity index (χ2n) is 4.90. The zero-order chi connectivity index (χ0) is 12.7. The van der Waals surface area contributed by atoms with E-state index >= 15 is 0 Å². The first-order chi connectivity index (χ1) is 8.72. The molecule has 94 valence electrons. The van der Waals surface area contributed by atoms with E-state index in [2.05, 4.69) is 0 Å². The molecule has 1 saturated carbocycles. The van der Waals surface area contributed by atoms with Gasteiger partial charge in [-0.3, -0.25) is 13.9 Å². The molecule has 0 spiro atoms. The average Bonchev–Trinajstić information content (AvgIpc) is 3.19. The van der Waals surface area contributed by atoms with E-state index in [1.165, 1.54) is 4.57 Å². The topological polar surface area (TPSA) is 44.0 Å². The Hall–Kier alpha value is -1.84. The number of aromatic nitrogens is 2. The standard InChI is InChI=1S/C14H16N2O2/c1-2-15-12-6-4-3-5-11(12)13(17)16(14(15)18)9-10-7-8-10/h3-6,10H,2,7-9H2,1H3. The Bertz CT molecular complexity index is 708. The lowest BCUT2D eigenvalue weighted by molar-refractivity contribution is 0.546. The Morgan fingerprint density at radius 1 is 1.17 bits per heavy atom. The highest BCUT2D eigenvalue weighted by molar-refractivity contribution is 5.77. The molecular weight excluding hydrogens is 228 g/mol. The van der Waals surface area contributed by atoms with Gasteiger partial charge in [0.15, 0.2) is 0 Å². The third-order valence-electron chi connectivity index (χ3n) is 3.59. The quantitative estimate of drug-likeness (QED) is 0.823. The number of para-hydroxylation sites is 1. The lowest BCUT2D eigenvalue weighted by Gasteiger charge is -2.12. The summed E-state index contributed by atoms with van der Waals surface area (Å²) in [5, 5.41) is 0.639. The first-order valence-electron chi connectivity index (χ1n) is 6.44. The van der Waals surface area contributed by atoms with Gasteiger partial charge >= 0.3 is 5.69 Å². The van der Waals surface area contributed by atoms with Crippen LogP contribution in [0.4, 0.5) is 0 Å². The van der Waals surface area contributed by atoms with E-state index in [1.807, 2.05) is 25.1 Å². The van der Waals surface area contributed by atoms with E-state index in [4.69, 9.17) is 0 Å². The van der Waals surface area contributed by atoms with Crippen molar-refractivity contribution in [3.8, 4) is 0 Å². The number of nitrogens with zero attached hydrogens (tertiary/aromatic N) is 2. The molecule has 3 rings (SSSR count). The highest BCUT2D eigenvalue weighted by atomic mass is 16.2. The van der Waals surface area contributed by atoms with E-state index in [0.29, 0.717) is 24.4 Å². The number of fused-ring (bicyclic) bond motifs is 1. The molecule has 1 heterocycles. The van der Waals surface area contributed by atoms with Crippen molar-refractivity contribution in [2.45, 2.75) is 32.9 Å². The molecule has 0 aliphatic heterocycles. The summed E-state index contributed by atoms with van der Waals surface area (Å²) in [7, 11) is 0. The van der Waals surface area contributed by atoms with Crippen LogP contribution in [0, 0.1) is 5.92 Å². The molecular formula is C14H16N2O2. The van der Waals surface area contributed by atoms with Crippen molar-refractivity contribution in [3.05, 3.63) is 45.1 Å². The molecule has 0 amide bonds. The Labute approximate surface area is 104 Å². The Morgan fingerprint density at radius 3 is 2.56 bits per heavy atom. The highest BCUT2D eigenvalue weighted by Gasteiger charge is 2.24. The normalized spacial score (nSPS) is 15.2. The van der Waals surface area contributed by atoms with Crippen LogP contribution >= 0.6 is 0 Å². The van der Waals surface area contributed by atoms with Crippen LogP contribution in [0.25, 0.3) is 10.9 Å². The van der Waals surface area contributed by atoms with Gasteiger partial charge < -0.3 is 0 Å². The second kappa shape index (κ2) is 4.12. The van der Waals surface area contributed by atoms with Crippen LogP contribution in [0.5, 0.6) is 0 Å². The molecule has 0 N–H and O–H groups in total. The van der Waals surface area contributed by atoms with E-state index in [9.17, 15) is 9.59 Å². The largest absolute Gasteiger partial charge is 0.331 e. The zero-order valence-electron chi connectivity index (χ0n) is 10.4. The maximum Gasteiger partial charge on any atom is 0.331 e. The summed E-state index contributed by atoms with van der Waals surface area (Å²) in [6.07, 6.45) is 2.26. The van der Waals surface area contributed by atoms with E-state index in [-0.39, 0.29) is 11.2 Å². The fourth-order valence-corrected chi connectivity index (χ4v) is 2.40. The molecule has 1 aliphatic carbocycles. The van der Waals surface area contributed by atoms with Crippen LogP contribution in [-0.2, 0) is 13.1 Å². The molecule has 2 aromatic rings. The van der Waals surface area contributed by atoms with E-state index < -0.39 is 0 Å². The molecule has 1 fully saturated rings. The molecule has 0 bridgehead atoms. The summed E-state index contributed by atoms with van der Waals surface area (Å²) in [4.78, 5) is 24.7. The molecule has 1 aromatic carbocycles. The summed E-state index contributed by atoms with van der Waals surface area (Å²) in [6.45, 7) is 3.09. The van der Waals surface area contributed by atoms with Gasteiger partial charge in [-0.25, -0.2) is 4.79 Å². The van der Waals surface area contributed by atoms with Gasteiger partial charge in [-0.15, -0.1) is 0 Å². The van der Waals surface area contributed by atoms with Gasteiger partial charge in [-0.05, 0) is 37.8 Å². The van der Waals surface area contributed by atoms with Crippen molar-refractivity contribution in [1.29, 1.82) is 0 Å². The van der Waals surface area contributed by atoms with Crippen molar-refractivity contribution in [3.63, 3.8) is 0 Å². The Morgan fingerprint density at radius 2 is 1.89 bits per heavy atom. The van der Waals surface area contributed by atoms with Crippen LogP contribution < -0.4 is 11.2 Å². The molecule has 4 heteroatoms. The van der Waals surface area contributed by atoms with Gasteiger partial charge in [0.1, 0.15) is 0 Å². The van der Waals surface area contributed by atoms with E-state index in [0.717, 1.165) is 18.4 Å². The van der Waals surface area contributed by atoms with Gasteiger partial charge in [-0.2, -0.15) is 0 Å². The van der Waals surface area contributed by atoms with E-state index in [1.54, 1.807) is 10.6 Å². The van der Waals surface area contributed by atoms with Crippen LogP contribution in [0.1, 0.15) is 19.8 Å². The molecule has 0 saturated heterocycles. The minimum atomic E-state index is -0.173. The van der Waals surface area contributed by atoms with Gasteiger partial charge in [0.2, 0.25) is 0 Å². The summed E-state index contributed by atoms with van der Waals surface area (Å²) in [6, 6.07) is 7.34. The van der Waals surface area contributed by atoms with Crippen molar-refractivity contribution in [2.24, 2.45) is 5.92 Å². The first kappa shape index (κ1) is 11.3. The summed E-state index contributed by atoms with van der Waals surface area (Å²) >= 11 is 0. The minimum absolute atomic E-state index is 0.146. The number of aryl methyl sites for hydroxylation is 1. The Balaban J connectivity index is 2.35. The first-order valence-corrected chi connectivity index (χ1v) is 6.44. The molecule has 0 radical (unpaired) electrons. The minimum Gasteiger partial charge on any atom is -0.293 e. The number of hydrogen-bond acceptors (Lipinski definition) is 2. The second-order valence-corrected chi connectivity index (χ2v) is 4.90. The van der Waals surface area contributed by atoms with Crippen LogP contribution in [0.2, 0.25) is 0 Å². The fraction of sp³-hybridized carbons (Fsp3) is 0.429. The molecule has 0 unspecified atom stereocenters. The average molecular weight is 244 g/mol. The predicted octanol–water partition coefficient (Wildman–Crippen LogP) is 1.59. The summed E-state index contributed by atoms with van der Waals surface area (Å²) in [5.74, 6) is 0.516. The van der Waals surface area contributed by atoms with Crippen molar-refractivity contribution < 1.29 is 0 Å². The number of benzene rings is 1. The number of hydrogen-bond donors (Lipinski definition) is 0. The van der Waals surface area contributed by atoms with Crippen LogP contribution in [0.3, 0.4) is 0 Å². The number of rotatable bonds is 3. The smallest absolute Gasteiger partial charge is 0.293 e. The monoisotopic (exact) mass is 244 g/mol. The fourth-order valence-electron chi connectivity index (χ4n) is 2.40. The third kappa shape index (κ3) is 1.68. The SMILES string of the molecule is CCn1c(=O)n(CC2CC2)c(=O)c2ccccc21. The maximum atomic E-state index is 12.3. The molecule has 1 aromatic heterocycles. The lowest BCUT2D eigenvalue weighted by Crippen LogP contribution is -2.40. The lowest BCUT2D eigenvalue weighted by atomic mass is 10.2. The summed E-state index contributed by atoms with van der Waals surface area (Å²) in [5.41, 5.74) is 0.419. The van der Waals surface area contributed by atoms with Gasteiger partial charge in [0.25, 0.3) is 5.56 Å². The zero-order valence-corrected chi connectivity index (χ0v) is 10.4. The van der Waals surface area contributed by atoms with Crippen molar-refractivity contribution >= 4 is 10.9 Å². The molecule has 1 aliphatic rings. The van der Waals surface area contributed by atoms with Gasteiger partial charge in [-0.1, -0.05) is 12.1 Å². The van der Waals surface area contributed by atoms with Gasteiger partial charge in [0, 0.05) is 13.1 Å². The highest BCUT2D eigenvalue weighted by Crippen LogP contribution is 2.29. The van der Waals surface area contributed by atoms with Gasteiger partial charge in [0.05, 0.1) is 10.9 Å². The van der Waals surface area contributed by atoms with Crippen molar-refractivity contribution in [2.75, 3.05) is 0 Å².